The predicted octanol–water partition coefficient (Wildman–Crippen LogP) is 3.50. The van der Waals surface area contributed by atoms with E-state index in [0.717, 1.165) is 26.6 Å². The highest BCUT2D eigenvalue weighted by atomic mass is 79.9. The van der Waals surface area contributed by atoms with Crippen molar-refractivity contribution in [2.75, 3.05) is 26.4 Å². The fourth-order valence-corrected chi connectivity index (χ4v) is 3.47. The smallest absolute Gasteiger partial charge is 0.199 e. The van der Waals surface area contributed by atoms with Crippen LogP contribution in [0, 0.1) is 0 Å². The zero-order chi connectivity index (χ0) is 19.5. The molecular weight excluding hydrogens is 426 g/mol. The number of rotatable bonds is 7. The van der Waals surface area contributed by atoms with Gasteiger partial charge in [-0.15, -0.1) is 0 Å². The maximum Gasteiger partial charge on any atom is 0.199 e. The summed E-state index contributed by atoms with van der Waals surface area (Å²) in [4.78, 5) is 13.1. The van der Waals surface area contributed by atoms with E-state index in [1.165, 1.54) is 0 Å². The van der Waals surface area contributed by atoms with Gasteiger partial charge in [-0.25, -0.2) is 4.99 Å². The molecular formula is C20H18BrN3O4. The molecule has 0 unspecified atom stereocenters. The Bertz CT molecular complexity index is 1070. The molecule has 2 aromatic carbocycles. The SMILES string of the molecule is OCCOCCO/N=C1/C(c2c(O)[nH]c3cc(Br)ccc23)=Nc2ccccc21. The third kappa shape index (κ3) is 3.54. The first-order valence-electron chi connectivity index (χ1n) is 8.76. The van der Waals surface area contributed by atoms with E-state index in [0.29, 0.717) is 23.6 Å². The number of hydrogen-bond donors (Lipinski definition) is 3. The zero-order valence-corrected chi connectivity index (χ0v) is 16.4. The summed E-state index contributed by atoms with van der Waals surface area (Å²) in [5.41, 5.74) is 4.07. The van der Waals surface area contributed by atoms with Crippen LogP contribution in [0.3, 0.4) is 0 Å². The van der Waals surface area contributed by atoms with Crippen molar-refractivity contribution in [1.29, 1.82) is 0 Å². The number of halogens is 1. The van der Waals surface area contributed by atoms with E-state index in [1.54, 1.807) is 0 Å². The van der Waals surface area contributed by atoms with Crippen molar-refractivity contribution in [1.82, 2.24) is 4.98 Å². The molecule has 0 atom stereocenters. The van der Waals surface area contributed by atoms with Gasteiger partial charge in [-0.1, -0.05) is 45.4 Å². The Kier molecular flexibility index (Phi) is 5.43. The summed E-state index contributed by atoms with van der Waals surface area (Å²) in [7, 11) is 0. The average Bonchev–Trinajstić information content (AvgIpc) is 3.20. The Labute approximate surface area is 169 Å². The van der Waals surface area contributed by atoms with Gasteiger partial charge in [-0.3, -0.25) is 0 Å². The normalized spacial score (nSPS) is 14.5. The van der Waals surface area contributed by atoms with Gasteiger partial charge in [0.1, 0.15) is 18.0 Å². The number of nitrogens with one attached hydrogen (secondary N) is 1. The van der Waals surface area contributed by atoms with E-state index in [4.69, 9.17) is 14.7 Å². The lowest BCUT2D eigenvalue weighted by Crippen LogP contribution is -2.14. The van der Waals surface area contributed by atoms with Crippen molar-refractivity contribution in [2.45, 2.75) is 0 Å². The number of oxime groups is 1. The van der Waals surface area contributed by atoms with Gasteiger partial charge in [0.2, 0.25) is 0 Å². The van der Waals surface area contributed by atoms with Gasteiger partial charge < -0.3 is 24.8 Å². The first-order valence-corrected chi connectivity index (χ1v) is 9.56. The quantitative estimate of drug-likeness (QED) is 0.384. The third-order valence-electron chi connectivity index (χ3n) is 4.30. The molecule has 0 aliphatic carbocycles. The molecule has 0 saturated heterocycles. The molecule has 0 radical (unpaired) electrons. The van der Waals surface area contributed by atoms with E-state index in [-0.39, 0.29) is 25.7 Å². The molecule has 0 bridgehead atoms. The highest BCUT2D eigenvalue weighted by Crippen LogP contribution is 2.36. The topological polar surface area (TPSA) is 99.4 Å². The van der Waals surface area contributed by atoms with Gasteiger partial charge in [0.25, 0.3) is 0 Å². The molecule has 1 aliphatic heterocycles. The molecule has 0 amide bonds. The fourth-order valence-electron chi connectivity index (χ4n) is 3.11. The van der Waals surface area contributed by atoms with E-state index < -0.39 is 0 Å². The summed E-state index contributed by atoms with van der Waals surface area (Å²) in [6.45, 7) is 0.784. The summed E-state index contributed by atoms with van der Waals surface area (Å²) in [6, 6.07) is 13.3. The first-order chi connectivity index (χ1) is 13.7. The van der Waals surface area contributed by atoms with Crippen LogP contribution in [0.5, 0.6) is 5.88 Å². The number of hydrogen-bond acceptors (Lipinski definition) is 6. The lowest BCUT2D eigenvalue weighted by atomic mass is 10.0. The van der Waals surface area contributed by atoms with Gasteiger partial charge in [0, 0.05) is 15.4 Å². The molecule has 8 heteroatoms. The molecule has 0 fully saturated rings. The minimum Gasteiger partial charge on any atom is -0.494 e. The van der Waals surface area contributed by atoms with Gasteiger partial charge in [0.05, 0.1) is 36.6 Å². The summed E-state index contributed by atoms with van der Waals surface area (Å²) in [6.07, 6.45) is 0. The Balaban J connectivity index is 1.70. The maximum absolute atomic E-state index is 10.6. The number of H-pyrrole nitrogens is 1. The van der Waals surface area contributed by atoms with Crippen LogP contribution in [0.1, 0.15) is 11.1 Å². The Morgan fingerprint density at radius 1 is 1.11 bits per heavy atom. The minimum atomic E-state index is -0.0331. The Hall–Kier alpha value is -2.68. The summed E-state index contributed by atoms with van der Waals surface area (Å²) >= 11 is 3.44. The van der Waals surface area contributed by atoms with Crippen molar-refractivity contribution < 1.29 is 19.8 Å². The molecule has 0 saturated carbocycles. The van der Waals surface area contributed by atoms with E-state index in [1.807, 2.05) is 42.5 Å². The van der Waals surface area contributed by atoms with Gasteiger partial charge in [0.15, 0.2) is 5.88 Å². The van der Waals surface area contributed by atoms with Crippen LogP contribution >= 0.6 is 15.9 Å². The number of para-hydroxylation sites is 1. The molecule has 144 valence electrons. The molecule has 0 spiro atoms. The number of aromatic amines is 1. The molecule has 2 heterocycles. The van der Waals surface area contributed by atoms with E-state index in [9.17, 15) is 5.11 Å². The second-order valence-corrected chi connectivity index (χ2v) is 7.04. The highest BCUT2D eigenvalue weighted by molar-refractivity contribution is 9.10. The van der Waals surface area contributed by atoms with Crippen LogP contribution in [0.15, 0.2) is 57.1 Å². The van der Waals surface area contributed by atoms with Crippen molar-refractivity contribution in [2.24, 2.45) is 10.1 Å². The van der Waals surface area contributed by atoms with Gasteiger partial charge in [-0.05, 0) is 18.2 Å². The number of aromatic nitrogens is 1. The van der Waals surface area contributed by atoms with Crippen molar-refractivity contribution in [3.8, 4) is 5.88 Å². The molecule has 28 heavy (non-hydrogen) atoms. The van der Waals surface area contributed by atoms with Crippen molar-refractivity contribution in [3.63, 3.8) is 0 Å². The van der Waals surface area contributed by atoms with Gasteiger partial charge >= 0.3 is 0 Å². The number of aliphatic hydroxyl groups is 1. The third-order valence-corrected chi connectivity index (χ3v) is 4.80. The summed E-state index contributed by atoms with van der Waals surface area (Å²) in [5.74, 6) is 0.0265. The molecule has 3 aromatic rings. The first kappa shape index (κ1) is 18.7. The Morgan fingerprint density at radius 2 is 1.96 bits per heavy atom. The van der Waals surface area contributed by atoms with Crippen LogP contribution in [0.4, 0.5) is 5.69 Å². The van der Waals surface area contributed by atoms with Crippen LogP contribution in [0.2, 0.25) is 0 Å². The standard InChI is InChI=1S/C20H18BrN3O4/c21-12-5-6-13-16(11-12)23-20(26)17(13)19-18(24-28-10-9-27-8-7-25)14-3-1-2-4-15(14)22-19/h1-6,11,23,25-26H,7-10H2/b24-18+. The lowest BCUT2D eigenvalue weighted by Gasteiger charge is -2.06. The number of aliphatic hydroxyl groups excluding tert-OH is 1. The number of benzene rings is 2. The number of ether oxygens (including phenoxy) is 1. The van der Waals surface area contributed by atoms with Crippen LogP contribution in [0.25, 0.3) is 10.9 Å². The van der Waals surface area contributed by atoms with Crippen LogP contribution in [-0.4, -0.2) is 53.0 Å². The fraction of sp³-hybridized carbons (Fsp3) is 0.200. The van der Waals surface area contributed by atoms with E-state index in [2.05, 4.69) is 31.1 Å². The predicted molar refractivity (Wildman–Crippen MR) is 111 cm³/mol. The highest BCUT2D eigenvalue weighted by Gasteiger charge is 2.29. The lowest BCUT2D eigenvalue weighted by molar-refractivity contribution is 0.0355. The number of fused-ring (bicyclic) bond motifs is 2. The summed E-state index contributed by atoms with van der Waals surface area (Å²) < 4.78 is 6.09. The molecule has 1 aliphatic rings. The molecule has 4 rings (SSSR count). The van der Waals surface area contributed by atoms with Gasteiger partial charge in [-0.2, -0.15) is 0 Å². The molecule has 3 N–H and O–H groups in total. The largest absolute Gasteiger partial charge is 0.494 e. The minimum absolute atomic E-state index is 0.0265. The molecule has 1 aromatic heterocycles. The molecule has 7 nitrogen and oxygen atoms in total. The number of aromatic hydroxyl groups is 1. The monoisotopic (exact) mass is 443 g/mol. The number of aliphatic imine (C=N–C) groups is 1. The van der Waals surface area contributed by atoms with Crippen LogP contribution < -0.4 is 0 Å². The second kappa shape index (κ2) is 8.14. The summed E-state index contributed by atoms with van der Waals surface area (Å²) in [5, 5.41) is 24.4. The van der Waals surface area contributed by atoms with Crippen molar-refractivity contribution in [3.05, 3.63) is 58.1 Å². The average molecular weight is 444 g/mol. The second-order valence-electron chi connectivity index (χ2n) is 6.13. The maximum atomic E-state index is 10.6. The number of nitrogens with zero attached hydrogens (tertiary/aromatic N) is 2. The zero-order valence-electron chi connectivity index (χ0n) is 14.9. The van der Waals surface area contributed by atoms with Crippen molar-refractivity contribution >= 4 is 43.9 Å². The Morgan fingerprint density at radius 3 is 2.82 bits per heavy atom. The van der Waals surface area contributed by atoms with Crippen LogP contribution in [-0.2, 0) is 9.57 Å². The van der Waals surface area contributed by atoms with E-state index >= 15 is 0 Å².